The number of nitrogens with one attached hydrogen (secondary N) is 1. The molecule has 0 radical (unpaired) electrons. The lowest BCUT2D eigenvalue weighted by Crippen LogP contribution is -2.20. The third-order valence-corrected chi connectivity index (χ3v) is 5.35. The van der Waals surface area contributed by atoms with Gasteiger partial charge in [-0.3, -0.25) is 4.79 Å². The van der Waals surface area contributed by atoms with Crippen LogP contribution in [-0.4, -0.2) is 22.5 Å². The second kappa shape index (κ2) is 6.37. The van der Waals surface area contributed by atoms with Gasteiger partial charge in [0.2, 0.25) is 5.88 Å². The van der Waals surface area contributed by atoms with Crippen LogP contribution in [0.1, 0.15) is 16.9 Å². The molecule has 1 aliphatic rings. The molecule has 122 valence electrons. The molecule has 1 amide bonds. The summed E-state index contributed by atoms with van der Waals surface area (Å²) in [5, 5.41) is 4.29. The Balaban J connectivity index is 1.50. The third-order valence-electron chi connectivity index (χ3n) is 3.91. The van der Waals surface area contributed by atoms with Crippen LogP contribution in [0.5, 0.6) is 5.88 Å². The zero-order valence-electron chi connectivity index (χ0n) is 12.7. The number of hydrogen-bond donors (Lipinski definition) is 1. The summed E-state index contributed by atoms with van der Waals surface area (Å²) >= 11 is 7.60. The summed E-state index contributed by atoms with van der Waals surface area (Å²) in [6.07, 6.45) is 4.75. The number of nitrogens with zero attached hydrogens (tertiary/aromatic N) is 2. The molecule has 0 saturated carbocycles. The molecule has 5 nitrogen and oxygen atoms in total. The van der Waals surface area contributed by atoms with Crippen molar-refractivity contribution in [2.45, 2.75) is 19.3 Å². The monoisotopic (exact) mass is 359 g/mol. The molecule has 0 atom stereocenters. The Morgan fingerprint density at radius 3 is 3.12 bits per heavy atom. The maximum Gasteiger partial charge on any atom is 0.262 e. The highest BCUT2D eigenvalue weighted by atomic mass is 35.5. The van der Waals surface area contributed by atoms with Gasteiger partial charge in [0.25, 0.3) is 5.91 Å². The Morgan fingerprint density at radius 1 is 1.33 bits per heavy atom. The van der Waals surface area contributed by atoms with E-state index in [0.717, 1.165) is 29.5 Å². The van der Waals surface area contributed by atoms with E-state index in [1.807, 2.05) is 0 Å². The molecule has 7 heteroatoms. The first kappa shape index (κ1) is 15.4. The van der Waals surface area contributed by atoms with Crippen LogP contribution in [-0.2, 0) is 17.6 Å². The number of benzene rings is 1. The number of amides is 1. The smallest absolute Gasteiger partial charge is 0.262 e. The summed E-state index contributed by atoms with van der Waals surface area (Å²) < 4.78 is 5.68. The van der Waals surface area contributed by atoms with Gasteiger partial charge in [0.05, 0.1) is 5.39 Å². The first-order chi connectivity index (χ1) is 11.7. The van der Waals surface area contributed by atoms with Crippen molar-refractivity contribution < 1.29 is 9.53 Å². The molecular formula is C17H14ClN3O2S. The Morgan fingerprint density at radius 2 is 2.25 bits per heavy atom. The van der Waals surface area contributed by atoms with Crippen molar-refractivity contribution in [1.29, 1.82) is 0 Å². The van der Waals surface area contributed by atoms with Crippen LogP contribution in [0.2, 0.25) is 5.02 Å². The zero-order valence-corrected chi connectivity index (χ0v) is 14.3. The number of fused-ring (bicyclic) bond motifs is 3. The number of rotatable bonds is 4. The van der Waals surface area contributed by atoms with Gasteiger partial charge in [-0.25, -0.2) is 9.97 Å². The minimum Gasteiger partial charge on any atom is -0.467 e. The molecule has 0 bridgehead atoms. The fraction of sp³-hybridized carbons (Fsp3) is 0.235. The van der Waals surface area contributed by atoms with E-state index in [9.17, 15) is 4.79 Å². The Bertz CT molecular complexity index is 925. The van der Waals surface area contributed by atoms with Crippen LogP contribution >= 0.6 is 22.9 Å². The van der Waals surface area contributed by atoms with Gasteiger partial charge in [-0.15, -0.1) is 11.3 Å². The predicted octanol–water partition coefficient (Wildman–Crippen LogP) is 3.85. The number of anilines is 1. The van der Waals surface area contributed by atoms with Crippen LogP contribution in [0.3, 0.4) is 0 Å². The molecule has 0 spiro atoms. The predicted molar refractivity (Wildman–Crippen MR) is 95.0 cm³/mol. The Hall–Kier alpha value is -2.18. The van der Waals surface area contributed by atoms with Gasteiger partial charge in [0.15, 0.2) is 6.61 Å². The van der Waals surface area contributed by atoms with Gasteiger partial charge >= 0.3 is 0 Å². The van der Waals surface area contributed by atoms with E-state index in [1.54, 1.807) is 35.6 Å². The number of hydrogen-bond acceptors (Lipinski definition) is 5. The van der Waals surface area contributed by atoms with Crippen molar-refractivity contribution in [3.63, 3.8) is 0 Å². The molecule has 1 aliphatic carbocycles. The van der Waals surface area contributed by atoms with Crippen LogP contribution in [0.15, 0.2) is 30.6 Å². The first-order valence-electron chi connectivity index (χ1n) is 7.64. The molecule has 1 N–H and O–H groups in total. The largest absolute Gasteiger partial charge is 0.467 e. The minimum atomic E-state index is -0.254. The van der Waals surface area contributed by atoms with E-state index in [0.29, 0.717) is 16.6 Å². The van der Waals surface area contributed by atoms with Crippen molar-refractivity contribution in [1.82, 2.24) is 9.97 Å². The highest BCUT2D eigenvalue weighted by Gasteiger charge is 2.22. The number of carbonyl (C=O) groups excluding carboxylic acids is 1. The van der Waals surface area contributed by atoms with Crippen LogP contribution < -0.4 is 10.1 Å². The van der Waals surface area contributed by atoms with Gasteiger partial charge in [-0.05, 0) is 43.0 Å². The summed E-state index contributed by atoms with van der Waals surface area (Å²) in [5.41, 5.74) is 1.92. The molecule has 0 unspecified atom stereocenters. The molecule has 2 heterocycles. The van der Waals surface area contributed by atoms with Crippen molar-refractivity contribution in [2.24, 2.45) is 0 Å². The van der Waals surface area contributed by atoms with Crippen LogP contribution in [0.4, 0.5) is 5.69 Å². The quantitative estimate of drug-likeness (QED) is 0.768. The minimum absolute atomic E-state index is 0.108. The molecule has 0 saturated heterocycles. The lowest BCUT2D eigenvalue weighted by Gasteiger charge is -2.08. The third kappa shape index (κ3) is 2.95. The van der Waals surface area contributed by atoms with E-state index in [1.165, 1.54) is 16.8 Å². The fourth-order valence-electron chi connectivity index (χ4n) is 2.91. The number of carbonyl (C=O) groups is 1. The second-order valence-electron chi connectivity index (χ2n) is 5.56. The van der Waals surface area contributed by atoms with Gasteiger partial charge < -0.3 is 10.1 Å². The molecule has 1 aromatic carbocycles. The lowest BCUT2D eigenvalue weighted by molar-refractivity contribution is -0.118. The first-order valence-corrected chi connectivity index (χ1v) is 8.83. The van der Waals surface area contributed by atoms with E-state index in [2.05, 4.69) is 15.3 Å². The molecule has 3 aromatic rings. The van der Waals surface area contributed by atoms with Crippen LogP contribution in [0, 0.1) is 0 Å². The van der Waals surface area contributed by atoms with Crippen molar-refractivity contribution in [2.75, 3.05) is 11.9 Å². The molecule has 2 aromatic heterocycles. The van der Waals surface area contributed by atoms with Crippen molar-refractivity contribution in [3.8, 4) is 5.88 Å². The maximum absolute atomic E-state index is 12.1. The molecule has 4 rings (SSSR count). The zero-order chi connectivity index (χ0) is 16.5. The fourth-order valence-corrected chi connectivity index (χ4v) is 4.32. The highest BCUT2D eigenvalue weighted by Crippen LogP contribution is 2.39. The number of aryl methyl sites for hydroxylation is 2. The number of aromatic nitrogens is 2. The topological polar surface area (TPSA) is 64.1 Å². The van der Waals surface area contributed by atoms with Crippen molar-refractivity contribution >= 4 is 44.7 Å². The average Bonchev–Trinajstić information content (AvgIpc) is 3.13. The summed E-state index contributed by atoms with van der Waals surface area (Å²) in [6, 6.07) is 7.00. The highest BCUT2D eigenvalue weighted by molar-refractivity contribution is 7.18. The van der Waals surface area contributed by atoms with E-state index < -0.39 is 0 Å². The summed E-state index contributed by atoms with van der Waals surface area (Å²) in [4.78, 5) is 22.9. The second-order valence-corrected chi connectivity index (χ2v) is 7.08. The normalized spacial score (nSPS) is 13.0. The number of thiophene rings is 1. The Labute approximate surface area is 147 Å². The molecule has 24 heavy (non-hydrogen) atoms. The SMILES string of the molecule is O=C(COc1ncnc2sc3c(c12)CCC3)Nc1cccc(Cl)c1. The van der Waals surface area contributed by atoms with E-state index in [4.69, 9.17) is 16.3 Å². The van der Waals surface area contributed by atoms with Crippen molar-refractivity contribution in [3.05, 3.63) is 46.1 Å². The van der Waals surface area contributed by atoms with Crippen LogP contribution in [0.25, 0.3) is 10.2 Å². The van der Waals surface area contributed by atoms with E-state index in [-0.39, 0.29) is 12.5 Å². The maximum atomic E-state index is 12.1. The summed E-state index contributed by atoms with van der Waals surface area (Å²) in [6.45, 7) is -0.108. The summed E-state index contributed by atoms with van der Waals surface area (Å²) in [5.74, 6) is 0.233. The summed E-state index contributed by atoms with van der Waals surface area (Å²) in [7, 11) is 0. The van der Waals surface area contributed by atoms with Gasteiger partial charge in [-0.2, -0.15) is 0 Å². The van der Waals surface area contributed by atoms with Gasteiger partial charge in [0, 0.05) is 15.6 Å². The Kier molecular flexibility index (Phi) is 4.08. The van der Waals surface area contributed by atoms with Gasteiger partial charge in [0.1, 0.15) is 11.2 Å². The lowest BCUT2D eigenvalue weighted by atomic mass is 10.2. The molecule has 0 aliphatic heterocycles. The number of halogens is 1. The standard InChI is InChI=1S/C17H14ClN3O2S/c18-10-3-1-4-11(7-10)21-14(22)8-23-16-15-12-5-2-6-13(12)24-17(15)20-9-19-16/h1,3-4,7,9H,2,5-6,8H2,(H,21,22). The molecular weight excluding hydrogens is 346 g/mol. The molecule has 0 fully saturated rings. The number of ether oxygens (including phenoxy) is 1. The average molecular weight is 360 g/mol. The van der Waals surface area contributed by atoms with Gasteiger partial charge in [-0.1, -0.05) is 17.7 Å². The van der Waals surface area contributed by atoms with E-state index >= 15 is 0 Å².